The van der Waals surface area contributed by atoms with Crippen LogP contribution < -0.4 is 15.8 Å². The number of carbonyl (C=O) groups is 1. The molecule has 0 bridgehead atoms. The lowest BCUT2D eigenvalue weighted by molar-refractivity contribution is -0.143. The fourth-order valence-corrected chi connectivity index (χ4v) is 3.96. The molecule has 0 radical (unpaired) electrons. The molecule has 3 rings (SSSR count). The maximum absolute atomic E-state index is 11.6. The van der Waals surface area contributed by atoms with Crippen molar-refractivity contribution in [3.05, 3.63) is 71.8 Å². The maximum Gasteiger partial charge on any atom is 0.306 e. The molecule has 0 spiro atoms. The van der Waals surface area contributed by atoms with Crippen LogP contribution in [0.1, 0.15) is 38.3 Å². The van der Waals surface area contributed by atoms with Crippen LogP contribution in [0.5, 0.6) is 5.75 Å². The third kappa shape index (κ3) is 7.47. The number of esters is 1. The molecular formula is C28H36N2O4. The van der Waals surface area contributed by atoms with Crippen molar-refractivity contribution in [2.24, 2.45) is 0 Å². The summed E-state index contributed by atoms with van der Waals surface area (Å²) < 4.78 is 10.8. The molecule has 0 aliphatic rings. The zero-order valence-electron chi connectivity index (χ0n) is 20.3. The first-order valence-corrected chi connectivity index (χ1v) is 11.8. The highest BCUT2D eigenvalue weighted by atomic mass is 16.5. The number of fused-ring (bicyclic) bond motifs is 1. The van der Waals surface area contributed by atoms with Crippen LogP contribution in [-0.4, -0.2) is 42.5 Å². The summed E-state index contributed by atoms with van der Waals surface area (Å²) in [7, 11) is 0. The van der Waals surface area contributed by atoms with Crippen LogP contribution in [-0.2, 0) is 22.4 Å². The van der Waals surface area contributed by atoms with Crippen LogP contribution in [0.4, 0.5) is 5.69 Å². The first kappa shape index (κ1) is 25.5. The number of para-hydroxylation sites is 1. The molecule has 0 heterocycles. The van der Waals surface area contributed by atoms with Gasteiger partial charge in [0.2, 0.25) is 0 Å². The number of carbonyl (C=O) groups excluding carboxylic acids is 1. The number of ether oxygens (including phenoxy) is 2. The van der Waals surface area contributed by atoms with Crippen LogP contribution in [0.15, 0.2) is 60.7 Å². The van der Waals surface area contributed by atoms with E-state index in [9.17, 15) is 9.90 Å². The van der Waals surface area contributed by atoms with Gasteiger partial charge in [-0.15, -0.1) is 0 Å². The molecule has 0 amide bonds. The smallest absolute Gasteiger partial charge is 0.306 e. The molecular weight excluding hydrogens is 428 g/mol. The molecule has 0 saturated carbocycles. The summed E-state index contributed by atoms with van der Waals surface area (Å²) >= 11 is 0. The minimum absolute atomic E-state index is 0.116. The molecule has 4 N–H and O–H groups in total. The van der Waals surface area contributed by atoms with Gasteiger partial charge in [-0.2, -0.15) is 0 Å². The summed E-state index contributed by atoms with van der Waals surface area (Å²) in [4.78, 5) is 11.6. The lowest BCUT2D eigenvalue weighted by atomic mass is 9.93. The van der Waals surface area contributed by atoms with Crippen molar-refractivity contribution in [2.75, 3.05) is 25.5 Å². The van der Waals surface area contributed by atoms with Crippen LogP contribution in [0.2, 0.25) is 0 Å². The van der Waals surface area contributed by atoms with Crippen LogP contribution in [0, 0.1) is 0 Å². The van der Waals surface area contributed by atoms with Crippen molar-refractivity contribution in [3.63, 3.8) is 0 Å². The van der Waals surface area contributed by atoms with E-state index in [0.717, 1.165) is 12.0 Å². The van der Waals surface area contributed by atoms with Crippen LogP contribution >= 0.6 is 0 Å². The summed E-state index contributed by atoms with van der Waals surface area (Å²) in [6, 6.07) is 20.3. The predicted molar refractivity (Wildman–Crippen MR) is 137 cm³/mol. The minimum atomic E-state index is -0.696. The van der Waals surface area contributed by atoms with Gasteiger partial charge in [0.25, 0.3) is 0 Å². The molecule has 3 aromatic rings. The van der Waals surface area contributed by atoms with Gasteiger partial charge in [0.1, 0.15) is 18.5 Å². The van der Waals surface area contributed by atoms with Gasteiger partial charge in [-0.3, -0.25) is 4.79 Å². The van der Waals surface area contributed by atoms with Gasteiger partial charge in [-0.25, -0.2) is 0 Å². The first-order chi connectivity index (χ1) is 16.3. The van der Waals surface area contributed by atoms with E-state index in [0.29, 0.717) is 31.0 Å². The van der Waals surface area contributed by atoms with E-state index in [1.54, 1.807) is 13.0 Å². The zero-order chi connectivity index (χ0) is 24.6. The number of nitrogen functional groups attached to an aromatic ring is 1. The topological polar surface area (TPSA) is 93.8 Å². The average Bonchev–Trinajstić information content (AvgIpc) is 2.81. The van der Waals surface area contributed by atoms with Gasteiger partial charge in [-0.1, -0.05) is 54.6 Å². The number of nitrogens with two attached hydrogens (primary N) is 1. The Morgan fingerprint density at radius 3 is 2.62 bits per heavy atom. The van der Waals surface area contributed by atoms with Crippen molar-refractivity contribution in [2.45, 2.75) is 51.7 Å². The largest absolute Gasteiger partial charge is 0.489 e. The van der Waals surface area contributed by atoms with Crippen molar-refractivity contribution >= 4 is 22.4 Å². The second-order valence-electron chi connectivity index (χ2n) is 9.22. The molecule has 0 fully saturated rings. The number of nitrogens with one attached hydrogen (secondary N) is 1. The predicted octanol–water partition coefficient (Wildman–Crippen LogP) is 4.27. The monoisotopic (exact) mass is 464 g/mol. The molecule has 182 valence electrons. The Kier molecular flexibility index (Phi) is 8.91. The van der Waals surface area contributed by atoms with Gasteiger partial charge in [0, 0.05) is 18.5 Å². The van der Waals surface area contributed by atoms with Gasteiger partial charge in [0.05, 0.1) is 12.3 Å². The molecule has 0 aromatic heterocycles. The fraction of sp³-hybridized carbons (Fsp3) is 0.393. The number of aliphatic hydroxyl groups is 1. The van der Waals surface area contributed by atoms with Crippen molar-refractivity contribution < 1.29 is 19.4 Å². The number of β-amino-alcohol motifs (C(OH)–C–C–N with tert-alkyl or cyclic N) is 1. The standard InChI is InChI=1S/C28H36N2O4/c1-4-33-26(32)15-14-22-10-7-11-25(27(22)29)34-19-24(31)18-30-28(2,3)17-20-12-13-21-8-5-6-9-23(21)16-20/h5-13,16,24,30-31H,4,14-15,17-19,29H2,1-3H3. The summed E-state index contributed by atoms with van der Waals surface area (Å²) in [5.74, 6) is 0.261. The average molecular weight is 465 g/mol. The van der Waals surface area contributed by atoms with Gasteiger partial charge < -0.3 is 25.6 Å². The first-order valence-electron chi connectivity index (χ1n) is 11.8. The molecule has 0 aliphatic heterocycles. The van der Waals surface area contributed by atoms with Crippen LogP contribution in [0.3, 0.4) is 0 Å². The second kappa shape index (κ2) is 11.9. The minimum Gasteiger partial charge on any atom is -0.489 e. The highest BCUT2D eigenvalue weighted by Crippen LogP contribution is 2.26. The van der Waals surface area contributed by atoms with E-state index in [1.807, 2.05) is 18.2 Å². The highest BCUT2D eigenvalue weighted by Gasteiger charge is 2.20. The summed E-state index contributed by atoms with van der Waals surface area (Å²) in [5, 5.41) is 16.4. The number of hydrogen-bond acceptors (Lipinski definition) is 6. The van der Waals surface area contributed by atoms with E-state index >= 15 is 0 Å². The summed E-state index contributed by atoms with van der Waals surface area (Å²) in [6.07, 6.45) is 0.884. The Labute approximate surface area is 202 Å². The molecule has 6 heteroatoms. The third-order valence-corrected chi connectivity index (χ3v) is 5.77. The fourth-order valence-electron chi connectivity index (χ4n) is 3.96. The van der Waals surface area contributed by atoms with E-state index in [2.05, 4.69) is 55.6 Å². The molecule has 0 aliphatic carbocycles. The Balaban J connectivity index is 1.49. The number of hydrogen-bond donors (Lipinski definition) is 3. The molecule has 0 saturated heterocycles. The quantitative estimate of drug-likeness (QED) is 0.274. The molecule has 34 heavy (non-hydrogen) atoms. The van der Waals surface area contributed by atoms with Gasteiger partial charge in [-0.05, 0) is 61.6 Å². The van der Waals surface area contributed by atoms with E-state index in [4.69, 9.17) is 15.2 Å². The van der Waals surface area contributed by atoms with E-state index < -0.39 is 6.10 Å². The lowest BCUT2D eigenvalue weighted by Gasteiger charge is -2.28. The Morgan fingerprint density at radius 2 is 1.85 bits per heavy atom. The molecule has 6 nitrogen and oxygen atoms in total. The SMILES string of the molecule is CCOC(=O)CCc1cccc(OCC(O)CNC(C)(C)Cc2ccc3ccccc3c2)c1N. The summed E-state index contributed by atoms with van der Waals surface area (Å²) in [5.41, 5.74) is 8.59. The maximum atomic E-state index is 11.6. The lowest BCUT2D eigenvalue weighted by Crippen LogP contribution is -2.46. The van der Waals surface area contributed by atoms with Crippen LogP contribution in [0.25, 0.3) is 10.8 Å². The van der Waals surface area contributed by atoms with Crippen molar-refractivity contribution in [1.82, 2.24) is 5.32 Å². The normalized spacial score (nSPS) is 12.5. The molecule has 1 atom stereocenters. The van der Waals surface area contributed by atoms with Gasteiger partial charge in [0.15, 0.2) is 0 Å². The Bertz CT molecular complexity index is 1100. The Hall–Kier alpha value is -3.09. The number of anilines is 1. The van der Waals surface area contributed by atoms with Crippen molar-refractivity contribution in [1.29, 1.82) is 0 Å². The zero-order valence-corrected chi connectivity index (χ0v) is 20.3. The second-order valence-corrected chi connectivity index (χ2v) is 9.22. The van der Waals surface area contributed by atoms with Crippen molar-refractivity contribution in [3.8, 4) is 5.75 Å². The summed E-state index contributed by atoms with van der Waals surface area (Å²) in [6.45, 7) is 6.91. The number of benzene rings is 3. The van der Waals surface area contributed by atoms with Gasteiger partial charge >= 0.3 is 5.97 Å². The van der Waals surface area contributed by atoms with E-state index in [-0.39, 0.29) is 24.5 Å². The Morgan fingerprint density at radius 1 is 1.09 bits per heavy atom. The van der Waals surface area contributed by atoms with E-state index in [1.165, 1.54) is 16.3 Å². The molecule has 1 unspecified atom stereocenters. The third-order valence-electron chi connectivity index (χ3n) is 5.77. The number of rotatable bonds is 12. The highest BCUT2D eigenvalue weighted by molar-refractivity contribution is 5.83. The number of aryl methyl sites for hydroxylation is 1. The number of aliphatic hydroxyl groups excluding tert-OH is 1. The molecule has 3 aromatic carbocycles.